The lowest BCUT2D eigenvalue weighted by atomic mass is 10.2. The summed E-state index contributed by atoms with van der Waals surface area (Å²) in [6.07, 6.45) is 1.03. The molecule has 0 saturated carbocycles. The molecule has 0 aliphatic heterocycles. The van der Waals surface area contributed by atoms with Gasteiger partial charge in [-0.2, -0.15) is 13.5 Å². The Kier molecular flexibility index (Phi) is 5.36. The first-order valence-corrected chi connectivity index (χ1v) is 8.94. The Morgan fingerprint density at radius 2 is 1.96 bits per heavy atom. The van der Waals surface area contributed by atoms with Gasteiger partial charge in [-0.3, -0.25) is 9.89 Å². The lowest BCUT2D eigenvalue weighted by Gasteiger charge is -2.07. The van der Waals surface area contributed by atoms with Crippen LogP contribution in [0.5, 0.6) is 0 Å². The molecule has 1 heterocycles. The molecule has 0 unspecified atom stereocenters. The number of halogens is 1. The maximum absolute atomic E-state index is 12.3. The maximum Gasteiger partial charge on any atom is 0.342 e. The van der Waals surface area contributed by atoms with Crippen LogP contribution < -0.4 is 4.72 Å². The van der Waals surface area contributed by atoms with Crippen molar-refractivity contribution in [3.63, 3.8) is 0 Å². The van der Waals surface area contributed by atoms with Crippen LogP contribution >= 0.6 is 22.6 Å². The monoisotopic (exact) mass is 449 g/mol. The van der Waals surface area contributed by atoms with E-state index in [1.165, 1.54) is 12.1 Å². The summed E-state index contributed by atoms with van der Waals surface area (Å²) in [4.78, 5) is 23.7. The van der Waals surface area contributed by atoms with Gasteiger partial charge in [0.2, 0.25) is 0 Å². The van der Waals surface area contributed by atoms with Gasteiger partial charge in [-0.15, -0.1) is 0 Å². The summed E-state index contributed by atoms with van der Waals surface area (Å²) in [6, 6.07) is 6.32. The zero-order valence-corrected chi connectivity index (χ0v) is 14.8. The van der Waals surface area contributed by atoms with Crippen molar-refractivity contribution in [2.24, 2.45) is 0 Å². The molecule has 2 N–H and O–H groups in total. The van der Waals surface area contributed by atoms with Gasteiger partial charge in [-0.25, -0.2) is 9.52 Å². The molecule has 0 saturated heterocycles. The average Bonchev–Trinajstić information content (AvgIpc) is 2.98. The van der Waals surface area contributed by atoms with Crippen molar-refractivity contribution in [2.45, 2.75) is 11.9 Å². The summed E-state index contributed by atoms with van der Waals surface area (Å²) >= 11 is 2.06. The Balaban J connectivity index is 2.26. The fourth-order valence-electron chi connectivity index (χ4n) is 1.67. The molecular weight excluding hydrogens is 437 g/mol. The van der Waals surface area contributed by atoms with Crippen molar-refractivity contribution in [3.8, 4) is 0 Å². The van der Waals surface area contributed by atoms with Gasteiger partial charge in [-0.05, 0) is 53.8 Å². The molecule has 2 rings (SSSR count). The smallest absolute Gasteiger partial charge is 0.342 e. The van der Waals surface area contributed by atoms with Crippen molar-refractivity contribution >= 4 is 44.5 Å². The van der Waals surface area contributed by atoms with Crippen LogP contribution in [-0.4, -0.2) is 37.1 Å². The first-order valence-electron chi connectivity index (χ1n) is 6.38. The van der Waals surface area contributed by atoms with E-state index in [9.17, 15) is 18.0 Å². The van der Waals surface area contributed by atoms with Gasteiger partial charge in [0.1, 0.15) is 5.56 Å². The largest absolute Gasteiger partial charge is 0.462 e. The molecular formula is C13H12IN3O5S. The highest BCUT2D eigenvalue weighted by atomic mass is 127. The van der Waals surface area contributed by atoms with Crippen molar-refractivity contribution in [1.29, 1.82) is 0 Å². The molecule has 0 aliphatic carbocycles. The van der Waals surface area contributed by atoms with Crippen molar-refractivity contribution in [3.05, 3.63) is 45.2 Å². The Hall–Kier alpha value is -1.95. The third kappa shape index (κ3) is 4.07. The second kappa shape index (κ2) is 7.08. The number of rotatable bonds is 5. The Bertz CT molecular complexity index is 830. The van der Waals surface area contributed by atoms with Gasteiger partial charge in [0.25, 0.3) is 15.9 Å². The number of aromatic amines is 1. The number of sulfonamides is 1. The number of carbonyl (C=O) groups is 2. The summed E-state index contributed by atoms with van der Waals surface area (Å²) in [6.45, 7) is 1.67. The minimum Gasteiger partial charge on any atom is -0.462 e. The fraction of sp³-hybridized carbons (Fsp3) is 0.154. The van der Waals surface area contributed by atoms with Crippen molar-refractivity contribution < 1.29 is 22.7 Å². The lowest BCUT2D eigenvalue weighted by Crippen LogP contribution is -2.32. The van der Waals surface area contributed by atoms with Crippen LogP contribution in [0.4, 0.5) is 0 Å². The highest BCUT2D eigenvalue weighted by Gasteiger charge is 2.27. The number of hydrogen-bond donors (Lipinski definition) is 2. The Morgan fingerprint density at radius 1 is 1.30 bits per heavy atom. The third-order valence-electron chi connectivity index (χ3n) is 2.70. The van der Waals surface area contributed by atoms with Gasteiger partial charge in [-0.1, -0.05) is 0 Å². The highest BCUT2D eigenvalue weighted by molar-refractivity contribution is 14.1. The Morgan fingerprint density at radius 3 is 2.57 bits per heavy atom. The van der Waals surface area contributed by atoms with E-state index in [0.29, 0.717) is 0 Å². The second-order valence-corrected chi connectivity index (χ2v) is 7.14. The standard InChI is InChI=1S/C13H12IN3O5S/c1-2-22-13(19)10-7-15-16-12(10)23(20,21)17-11(18)8-3-5-9(14)6-4-8/h3-7H,2H2,1H3,(H,15,16)(H,17,18). The molecule has 0 spiro atoms. The number of aromatic nitrogens is 2. The van der Waals surface area contributed by atoms with Gasteiger partial charge in [0.15, 0.2) is 5.03 Å². The van der Waals surface area contributed by atoms with E-state index in [4.69, 9.17) is 4.74 Å². The minimum atomic E-state index is -4.29. The normalized spacial score (nSPS) is 11.0. The van der Waals surface area contributed by atoms with E-state index in [2.05, 4.69) is 32.8 Å². The summed E-state index contributed by atoms with van der Waals surface area (Å²) in [5.41, 5.74) is -0.0963. The van der Waals surface area contributed by atoms with E-state index in [-0.39, 0.29) is 17.7 Å². The number of nitrogens with zero attached hydrogens (tertiary/aromatic N) is 1. The van der Waals surface area contributed by atoms with Crippen LogP contribution in [0.1, 0.15) is 27.6 Å². The number of H-pyrrole nitrogens is 1. The molecule has 0 atom stereocenters. The van der Waals surface area contributed by atoms with Gasteiger partial charge < -0.3 is 4.74 Å². The number of carbonyl (C=O) groups excluding carboxylic acids is 2. The van der Waals surface area contributed by atoms with Crippen molar-refractivity contribution in [1.82, 2.24) is 14.9 Å². The van der Waals surface area contributed by atoms with E-state index in [0.717, 1.165) is 9.77 Å². The first kappa shape index (κ1) is 17.4. The summed E-state index contributed by atoms with van der Waals surface area (Å²) in [5, 5.41) is 5.20. The molecule has 0 radical (unpaired) electrons. The zero-order chi connectivity index (χ0) is 17.0. The molecule has 0 fully saturated rings. The fourth-order valence-corrected chi connectivity index (χ4v) is 3.09. The van der Waals surface area contributed by atoms with Crippen molar-refractivity contribution in [2.75, 3.05) is 6.61 Å². The molecule has 8 nitrogen and oxygen atoms in total. The minimum absolute atomic E-state index is 0.0819. The average molecular weight is 449 g/mol. The zero-order valence-electron chi connectivity index (χ0n) is 11.9. The molecule has 1 amide bonds. The number of amides is 1. The van der Waals surface area contributed by atoms with E-state index < -0.39 is 26.9 Å². The summed E-state index contributed by atoms with van der Waals surface area (Å²) in [5.74, 6) is -1.66. The first-order chi connectivity index (χ1) is 10.8. The predicted molar refractivity (Wildman–Crippen MR) is 88.4 cm³/mol. The molecule has 10 heteroatoms. The third-order valence-corrected chi connectivity index (χ3v) is 4.72. The molecule has 122 valence electrons. The van der Waals surface area contributed by atoms with Crippen LogP contribution in [-0.2, 0) is 14.8 Å². The van der Waals surface area contributed by atoms with Crippen LogP contribution in [0.15, 0.2) is 35.5 Å². The Labute approximate surface area is 145 Å². The summed E-state index contributed by atoms with van der Waals surface area (Å²) < 4.78 is 32.1. The highest BCUT2D eigenvalue weighted by Crippen LogP contribution is 2.14. The maximum atomic E-state index is 12.3. The van der Waals surface area contributed by atoms with Crippen LogP contribution in [0.2, 0.25) is 0 Å². The number of ether oxygens (including phenoxy) is 1. The lowest BCUT2D eigenvalue weighted by molar-refractivity contribution is 0.0521. The topological polar surface area (TPSA) is 118 Å². The van der Waals surface area contributed by atoms with E-state index >= 15 is 0 Å². The molecule has 1 aromatic heterocycles. The summed E-state index contributed by atoms with van der Waals surface area (Å²) in [7, 11) is -4.29. The number of esters is 1. The van der Waals surface area contributed by atoms with E-state index in [1.54, 1.807) is 19.1 Å². The molecule has 1 aromatic carbocycles. The SMILES string of the molecule is CCOC(=O)c1cn[nH]c1S(=O)(=O)NC(=O)c1ccc(I)cc1. The molecule has 23 heavy (non-hydrogen) atoms. The number of nitrogens with one attached hydrogen (secondary N) is 2. The number of benzene rings is 1. The quantitative estimate of drug-likeness (QED) is 0.525. The van der Waals surface area contributed by atoms with Crippen LogP contribution in [0, 0.1) is 3.57 Å². The van der Waals surface area contributed by atoms with E-state index in [1.807, 2.05) is 4.72 Å². The molecule has 0 bridgehead atoms. The van der Waals surface area contributed by atoms with Crippen LogP contribution in [0.3, 0.4) is 0 Å². The number of hydrogen-bond acceptors (Lipinski definition) is 6. The predicted octanol–water partition coefficient (Wildman–Crippen LogP) is 1.31. The van der Waals surface area contributed by atoms with Gasteiger partial charge >= 0.3 is 5.97 Å². The molecule has 0 aliphatic rings. The second-order valence-electron chi connectivity index (χ2n) is 4.27. The van der Waals surface area contributed by atoms with Crippen LogP contribution in [0.25, 0.3) is 0 Å². The van der Waals surface area contributed by atoms with Gasteiger partial charge in [0.05, 0.1) is 12.8 Å². The molecule has 2 aromatic rings. The van der Waals surface area contributed by atoms with Gasteiger partial charge in [0, 0.05) is 9.13 Å².